The predicted molar refractivity (Wildman–Crippen MR) is 129 cm³/mol. The number of aromatic nitrogens is 4. The number of pyridine rings is 1. The third-order valence-electron chi connectivity index (χ3n) is 5.83. The molecule has 0 atom stereocenters. The van der Waals surface area contributed by atoms with Crippen molar-refractivity contribution in [3.63, 3.8) is 0 Å². The van der Waals surface area contributed by atoms with E-state index < -0.39 is 17.2 Å². The standard InChI is InChI=1S/C25H20F2N6O2/c1-33(9-7-14-4-2-3-8-29-14)25(35)13-5-6-15-18(10-13)30-22(21(15)28)23-24(34)32-20-12-17(27)16(26)11-19(20)31-23/h2-6,8,10-12,30H,7,9,28H2,1H3,(H,32,34). The van der Waals surface area contributed by atoms with Crippen LogP contribution in [0.4, 0.5) is 14.5 Å². The molecule has 0 radical (unpaired) electrons. The molecule has 0 aliphatic heterocycles. The smallest absolute Gasteiger partial charge is 0.276 e. The van der Waals surface area contributed by atoms with Gasteiger partial charge in [0.2, 0.25) is 0 Å². The Morgan fingerprint density at radius 2 is 1.86 bits per heavy atom. The molecule has 0 aliphatic carbocycles. The molecular weight excluding hydrogens is 454 g/mol. The SMILES string of the molecule is CN(CCc1ccccn1)C(=O)c1ccc2c(N)c(-c3nc4cc(F)c(F)cc4[nH]c3=O)[nH]c2c1. The fraction of sp³-hybridized carbons (Fsp3) is 0.120. The molecule has 8 nitrogen and oxygen atoms in total. The number of carbonyl (C=O) groups excluding carboxylic acids is 1. The van der Waals surface area contributed by atoms with Crippen LogP contribution in [0.3, 0.4) is 0 Å². The van der Waals surface area contributed by atoms with Crippen LogP contribution in [0.25, 0.3) is 33.3 Å². The van der Waals surface area contributed by atoms with E-state index in [-0.39, 0.29) is 34.0 Å². The molecule has 0 aliphatic rings. The highest BCUT2D eigenvalue weighted by molar-refractivity contribution is 6.04. The minimum absolute atomic E-state index is 0.0638. The number of hydrogen-bond acceptors (Lipinski definition) is 5. The van der Waals surface area contributed by atoms with Crippen LogP contribution >= 0.6 is 0 Å². The summed E-state index contributed by atoms with van der Waals surface area (Å²) in [6.45, 7) is 0.486. The number of amides is 1. The molecule has 0 spiro atoms. The van der Waals surface area contributed by atoms with Crippen molar-refractivity contribution < 1.29 is 13.6 Å². The number of nitrogens with zero attached hydrogens (tertiary/aromatic N) is 3. The maximum atomic E-state index is 13.7. The predicted octanol–water partition coefficient (Wildman–Crippen LogP) is 3.64. The van der Waals surface area contributed by atoms with Crippen molar-refractivity contribution in [2.75, 3.05) is 19.3 Å². The number of likely N-dealkylation sites (N-methyl/N-ethyl adjacent to an activating group) is 1. The second-order valence-electron chi connectivity index (χ2n) is 8.17. The minimum Gasteiger partial charge on any atom is -0.396 e. The molecule has 0 fully saturated rings. The Hall–Kier alpha value is -4.60. The van der Waals surface area contributed by atoms with Crippen LogP contribution in [-0.4, -0.2) is 44.3 Å². The average molecular weight is 474 g/mol. The van der Waals surface area contributed by atoms with Gasteiger partial charge in [-0.05, 0) is 30.3 Å². The van der Waals surface area contributed by atoms with E-state index in [4.69, 9.17) is 5.73 Å². The van der Waals surface area contributed by atoms with Gasteiger partial charge in [-0.15, -0.1) is 0 Å². The van der Waals surface area contributed by atoms with Crippen LogP contribution in [0.1, 0.15) is 16.1 Å². The molecule has 3 heterocycles. The van der Waals surface area contributed by atoms with E-state index in [1.165, 1.54) is 0 Å². The zero-order chi connectivity index (χ0) is 24.7. The van der Waals surface area contributed by atoms with Crippen molar-refractivity contribution in [1.82, 2.24) is 24.8 Å². The topological polar surface area (TPSA) is 121 Å². The molecule has 3 aromatic heterocycles. The van der Waals surface area contributed by atoms with Crippen LogP contribution in [0, 0.1) is 11.6 Å². The summed E-state index contributed by atoms with van der Waals surface area (Å²) < 4.78 is 27.2. The number of benzene rings is 2. The Bertz CT molecular complexity index is 1650. The molecule has 0 saturated carbocycles. The van der Waals surface area contributed by atoms with Gasteiger partial charge in [-0.25, -0.2) is 13.8 Å². The van der Waals surface area contributed by atoms with Crippen molar-refractivity contribution in [2.24, 2.45) is 0 Å². The first-order valence-electron chi connectivity index (χ1n) is 10.8. The maximum Gasteiger partial charge on any atom is 0.276 e. The fourth-order valence-electron chi connectivity index (χ4n) is 3.94. The zero-order valence-corrected chi connectivity index (χ0v) is 18.6. The fourth-order valence-corrected chi connectivity index (χ4v) is 3.94. The van der Waals surface area contributed by atoms with Crippen molar-refractivity contribution >= 4 is 33.5 Å². The van der Waals surface area contributed by atoms with Gasteiger partial charge in [0.1, 0.15) is 0 Å². The summed E-state index contributed by atoms with van der Waals surface area (Å²) in [6, 6.07) is 12.4. The zero-order valence-electron chi connectivity index (χ0n) is 18.6. The molecular formula is C25H20F2N6O2. The first-order chi connectivity index (χ1) is 16.8. The van der Waals surface area contributed by atoms with E-state index in [1.807, 2.05) is 18.2 Å². The third kappa shape index (κ3) is 4.10. The molecule has 176 valence electrons. The number of anilines is 1. The Morgan fingerprint density at radius 3 is 2.63 bits per heavy atom. The Balaban J connectivity index is 1.47. The van der Waals surface area contributed by atoms with Gasteiger partial charge < -0.3 is 20.6 Å². The largest absolute Gasteiger partial charge is 0.396 e. The lowest BCUT2D eigenvalue weighted by Crippen LogP contribution is -2.29. The molecule has 0 saturated heterocycles. The van der Waals surface area contributed by atoms with E-state index in [0.717, 1.165) is 17.8 Å². The number of fused-ring (bicyclic) bond motifs is 2. The summed E-state index contributed by atoms with van der Waals surface area (Å²) in [4.78, 5) is 41.2. The normalized spacial score (nSPS) is 11.3. The lowest BCUT2D eigenvalue weighted by Gasteiger charge is -2.17. The number of hydrogen-bond donors (Lipinski definition) is 3. The van der Waals surface area contributed by atoms with Crippen molar-refractivity contribution in [1.29, 1.82) is 0 Å². The molecule has 4 N–H and O–H groups in total. The summed E-state index contributed by atoms with van der Waals surface area (Å²) in [5, 5.41) is 0.597. The minimum atomic E-state index is -1.09. The highest BCUT2D eigenvalue weighted by Gasteiger charge is 2.19. The number of rotatable bonds is 5. The molecule has 0 unspecified atom stereocenters. The number of aromatic amines is 2. The second kappa shape index (κ2) is 8.64. The summed E-state index contributed by atoms with van der Waals surface area (Å²) in [5.74, 6) is -2.35. The summed E-state index contributed by atoms with van der Waals surface area (Å²) in [7, 11) is 1.71. The molecule has 5 aromatic rings. The summed E-state index contributed by atoms with van der Waals surface area (Å²) in [5.41, 5.74) is 8.06. The Morgan fingerprint density at radius 1 is 1.06 bits per heavy atom. The molecule has 0 bridgehead atoms. The van der Waals surface area contributed by atoms with E-state index in [1.54, 1.807) is 36.3 Å². The number of H-pyrrole nitrogens is 2. The van der Waals surface area contributed by atoms with Crippen LogP contribution in [0.15, 0.2) is 59.5 Å². The van der Waals surface area contributed by atoms with E-state index in [2.05, 4.69) is 19.9 Å². The highest BCUT2D eigenvalue weighted by atomic mass is 19.2. The maximum absolute atomic E-state index is 13.7. The van der Waals surface area contributed by atoms with E-state index in [9.17, 15) is 18.4 Å². The first-order valence-corrected chi connectivity index (χ1v) is 10.8. The summed E-state index contributed by atoms with van der Waals surface area (Å²) >= 11 is 0. The number of halogens is 2. The first kappa shape index (κ1) is 22.2. The number of nitrogen functional groups attached to an aromatic ring is 1. The molecule has 35 heavy (non-hydrogen) atoms. The van der Waals surface area contributed by atoms with Gasteiger partial charge in [-0.1, -0.05) is 6.07 Å². The molecule has 2 aromatic carbocycles. The monoisotopic (exact) mass is 474 g/mol. The van der Waals surface area contributed by atoms with Gasteiger partial charge in [-0.2, -0.15) is 0 Å². The second-order valence-corrected chi connectivity index (χ2v) is 8.17. The van der Waals surface area contributed by atoms with Gasteiger partial charge in [0, 0.05) is 60.5 Å². The molecule has 10 heteroatoms. The van der Waals surface area contributed by atoms with Crippen molar-refractivity contribution in [3.05, 3.63) is 88.0 Å². The lowest BCUT2D eigenvalue weighted by molar-refractivity contribution is 0.0796. The van der Waals surface area contributed by atoms with Crippen LogP contribution in [0.2, 0.25) is 0 Å². The van der Waals surface area contributed by atoms with Gasteiger partial charge >= 0.3 is 0 Å². The third-order valence-corrected chi connectivity index (χ3v) is 5.83. The quantitative estimate of drug-likeness (QED) is 0.359. The van der Waals surface area contributed by atoms with Crippen LogP contribution in [-0.2, 0) is 6.42 Å². The molecule has 5 rings (SSSR count). The molecule has 1 amide bonds. The van der Waals surface area contributed by atoms with Crippen LogP contribution < -0.4 is 11.3 Å². The van der Waals surface area contributed by atoms with Gasteiger partial charge in [-0.3, -0.25) is 14.6 Å². The van der Waals surface area contributed by atoms with Gasteiger partial charge in [0.25, 0.3) is 11.5 Å². The highest BCUT2D eigenvalue weighted by Crippen LogP contribution is 2.31. The van der Waals surface area contributed by atoms with Gasteiger partial charge in [0.15, 0.2) is 17.3 Å². The van der Waals surface area contributed by atoms with Crippen LogP contribution in [0.5, 0.6) is 0 Å². The number of nitrogens with two attached hydrogens (primary N) is 1. The summed E-state index contributed by atoms with van der Waals surface area (Å²) in [6.07, 6.45) is 2.33. The van der Waals surface area contributed by atoms with Gasteiger partial charge in [0.05, 0.1) is 22.4 Å². The number of nitrogens with one attached hydrogen (secondary N) is 2. The van der Waals surface area contributed by atoms with Crippen molar-refractivity contribution in [2.45, 2.75) is 6.42 Å². The van der Waals surface area contributed by atoms with Crippen molar-refractivity contribution in [3.8, 4) is 11.4 Å². The average Bonchev–Trinajstić information content (AvgIpc) is 3.18. The van der Waals surface area contributed by atoms with E-state index in [0.29, 0.717) is 29.4 Å². The Kier molecular flexibility index (Phi) is 5.48. The number of carbonyl (C=O) groups is 1. The van der Waals surface area contributed by atoms with E-state index >= 15 is 0 Å². The Labute approximate surface area is 197 Å². The lowest BCUT2D eigenvalue weighted by atomic mass is 10.1.